The van der Waals surface area contributed by atoms with Gasteiger partial charge >= 0.3 is 0 Å². The lowest BCUT2D eigenvalue weighted by atomic mass is 9.85. The highest BCUT2D eigenvalue weighted by Crippen LogP contribution is 2.40. The van der Waals surface area contributed by atoms with Crippen molar-refractivity contribution in [2.75, 3.05) is 17.2 Å². The molecule has 0 radical (unpaired) electrons. The van der Waals surface area contributed by atoms with E-state index in [4.69, 9.17) is 17.3 Å². The van der Waals surface area contributed by atoms with E-state index in [0.29, 0.717) is 16.9 Å². The third-order valence-electron chi connectivity index (χ3n) is 4.10. The van der Waals surface area contributed by atoms with E-state index in [1.165, 1.54) is 38.4 Å². The van der Waals surface area contributed by atoms with Crippen LogP contribution in [0.4, 0.5) is 11.5 Å². The molecule has 1 aliphatic carbocycles. The van der Waals surface area contributed by atoms with Gasteiger partial charge in [0.05, 0.1) is 0 Å². The van der Waals surface area contributed by atoms with Gasteiger partial charge in [0.2, 0.25) is 0 Å². The quantitative estimate of drug-likeness (QED) is 0.781. The van der Waals surface area contributed by atoms with E-state index in [1.54, 1.807) is 0 Å². The van der Waals surface area contributed by atoms with Crippen LogP contribution in [-0.2, 0) is 0 Å². The van der Waals surface area contributed by atoms with Crippen LogP contribution in [0.2, 0.25) is 5.15 Å². The molecule has 0 amide bonds. The molecule has 1 aromatic rings. The topological polar surface area (TPSA) is 55.0 Å². The third-order valence-corrected chi connectivity index (χ3v) is 4.40. The Labute approximate surface area is 106 Å². The predicted molar refractivity (Wildman–Crippen MR) is 69.2 cm³/mol. The minimum Gasteiger partial charge on any atom is -0.393 e. The Kier molecular flexibility index (Phi) is 2.82. The second kappa shape index (κ2) is 4.33. The van der Waals surface area contributed by atoms with E-state index >= 15 is 0 Å². The molecule has 92 valence electrons. The lowest BCUT2D eigenvalue weighted by Crippen LogP contribution is -2.35. The number of rotatable bonds is 1. The van der Waals surface area contributed by atoms with Gasteiger partial charge in [0.15, 0.2) is 11.0 Å². The molecule has 0 aromatic carbocycles. The highest BCUT2D eigenvalue weighted by molar-refractivity contribution is 6.32. The van der Waals surface area contributed by atoms with Gasteiger partial charge in [-0.2, -0.15) is 0 Å². The minimum absolute atomic E-state index is 0.370. The number of nitrogen functional groups attached to an aromatic ring is 1. The molecule has 0 spiro atoms. The van der Waals surface area contributed by atoms with Crippen molar-refractivity contribution in [2.45, 2.75) is 38.1 Å². The second-order valence-corrected chi connectivity index (χ2v) is 5.35. The Bertz CT molecular complexity index is 423. The summed E-state index contributed by atoms with van der Waals surface area (Å²) in [6, 6.07) is 0.608. The zero-order valence-corrected chi connectivity index (χ0v) is 10.5. The van der Waals surface area contributed by atoms with Crippen LogP contribution in [-0.4, -0.2) is 22.6 Å². The summed E-state index contributed by atoms with van der Waals surface area (Å²) in [5, 5.41) is 0.370. The van der Waals surface area contributed by atoms with Crippen LogP contribution in [0.15, 0.2) is 6.33 Å². The molecular formula is C12H17ClN4. The van der Waals surface area contributed by atoms with E-state index in [1.807, 2.05) is 0 Å². The van der Waals surface area contributed by atoms with Crippen LogP contribution in [0.1, 0.15) is 32.1 Å². The summed E-state index contributed by atoms with van der Waals surface area (Å²) in [6.45, 7) is 1.05. The number of hydrogen-bond donors (Lipinski definition) is 1. The number of aromatic nitrogens is 2. The Balaban J connectivity index is 1.91. The van der Waals surface area contributed by atoms with Crippen molar-refractivity contribution in [1.29, 1.82) is 0 Å². The molecule has 1 aromatic heterocycles. The SMILES string of the molecule is Nc1c(Cl)ncnc1N1CCC2CCCCC21. The largest absolute Gasteiger partial charge is 0.393 e. The molecule has 2 fully saturated rings. The summed E-state index contributed by atoms with van der Waals surface area (Å²) in [4.78, 5) is 10.6. The average molecular weight is 253 g/mol. The zero-order chi connectivity index (χ0) is 11.8. The molecule has 2 atom stereocenters. The number of fused-ring (bicyclic) bond motifs is 1. The average Bonchev–Trinajstić information content (AvgIpc) is 2.77. The van der Waals surface area contributed by atoms with Crippen LogP contribution < -0.4 is 10.6 Å². The van der Waals surface area contributed by atoms with Gasteiger partial charge in [-0.15, -0.1) is 0 Å². The first-order valence-corrected chi connectivity index (χ1v) is 6.68. The molecule has 2 N–H and O–H groups in total. The lowest BCUT2D eigenvalue weighted by molar-refractivity contribution is 0.341. The minimum atomic E-state index is 0.370. The molecule has 2 aliphatic rings. The molecule has 5 heteroatoms. The predicted octanol–water partition coefficient (Wildman–Crippen LogP) is 2.48. The summed E-state index contributed by atoms with van der Waals surface area (Å²) in [5.74, 6) is 1.65. The van der Waals surface area contributed by atoms with Gasteiger partial charge in [-0.1, -0.05) is 24.4 Å². The van der Waals surface area contributed by atoms with Crippen molar-refractivity contribution in [3.8, 4) is 0 Å². The summed E-state index contributed by atoms with van der Waals surface area (Å²) < 4.78 is 0. The third kappa shape index (κ3) is 1.84. The van der Waals surface area contributed by atoms with Gasteiger partial charge in [-0.05, 0) is 25.2 Å². The van der Waals surface area contributed by atoms with Crippen molar-refractivity contribution in [2.24, 2.45) is 5.92 Å². The number of hydrogen-bond acceptors (Lipinski definition) is 4. The van der Waals surface area contributed by atoms with Gasteiger partial charge in [0.1, 0.15) is 12.0 Å². The van der Waals surface area contributed by atoms with Crippen molar-refractivity contribution >= 4 is 23.1 Å². The van der Waals surface area contributed by atoms with Gasteiger partial charge in [-0.25, -0.2) is 9.97 Å². The van der Waals surface area contributed by atoms with E-state index in [9.17, 15) is 0 Å². The maximum Gasteiger partial charge on any atom is 0.157 e. The van der Waals surface area contributed by atoms with Crippen molar-refractivity contribution in [3.05, 3.63) is 11.5 Å². The smallest absolute Gasteiger partial charge is 0.157 e. The van der Waals surface area contributed by atoms with Crippen molar-refractivity contribution in [3.63, 3.8) is 0 Å². The monoisotopic (exact) mass is 252 g/mol. The highest BCUT2D eigenvalue weighted by Gasteiger charge is 2.37. The maximum absolute atomic E-state index is 5.99. The molecule has 1 aliphatic heterocycles. The van der Waals surface area contributed by atoms with Gasteiger partial charge < -0.3 is 10.6 Å². The standard InChI is InChI=1S/C12H17ClN4/c13-11-10(14)12(16-7-15-11)17-6-5-8-3-1-2-4-9(8)17/h7-9H,1-6,14H2. The molecule has 3 rings (SSSR count). The second-order valence-electron chi connectivity index (χ2n) is 5.00. The first-order chi connectivity index (χ1) is 8.27. The summed E-state index contributed by atoms with van der Waals surface area (Å²) in [5.41, 5.74) is 6.51. The molecule has 1 saturated carbocycles. The fourth-order valence-electron chi connectivity index (χ4n) is 3.26. The van der Waals surface area contributed by atoms with Crippen molar-refractivity contribution < 1.29 is 0 Å². The lowest BCUT2D eigenvalue weighted by Gasteiger charge is -2.32. The number of nitrogens with zero attached hydrogens (tertiary/aromatic N) is 3. The Morgan fingerprint density at radius 2 is 2.06 bits per heavy atom. The molecule has 17 heavy (non-hydrogen) atoms. The van der Waals surface area contributed by atoms with E-state index in [2.05, 4.69) is 14.9 Å². The highest BCUT2D eigenvalue weighted by atomic mass is 35.5. The van der Waals surface area contributed by atoms with Gasteiger partial charge in [0.25, 0.3) is 0 Å². The molecule has 2 heterocycles. The van der Waals surface area contributed by atoms with Gasteiger partial charge in [-0.3, -0.25) is 0 Å². The van der Waals surface area contributed by atoms with E-state index in [0.717, 1.165) is 18.3 Å². The Hall–Kier alpha value is -1.03. The van der Waals surface area contributed by atoms with Crippen LogP contribution >= 0.6 is 11.6 Å². The fraction of sp³-hybridized carbons (Fsp3) is 0.667. The van der Waals surface area contributed by atoms with Crippen LogP contribution in [0.3, 0.4) is 0 Å². The summed E-state index contributed by atoms with van der Waals surface area (Å²) >= 11 is 5.96. The molecule has 2 unspecified atom stereocenters. The Morgan fingerprint density at radius 1 is 1.24 bits per heavy atom. The molecule has 4 nitrogen and oxygen atoms in total. The first-order valence-electron chi connectivity index (χ1n) is 6.30. The number of nitrogens with two attached hydrogens (primary N) is 1. The number of halogens is 1. The molecule has 0 bridgehead atoms. The van der Waals surface area contributed by atoms with Gasteiger partial charge in [0, 0.05) is 12.6 Å². The molecular weight excluding hydrogens is 236 g/mol. The van der Waals surface area contributed by atoms with E-state index in [-0.39, 0.29) is 0 Å². The zero-order valence-electron chi connectivity index (χ0n) is 9.77. The maximum atomic E-state index is 5.99. The van der Waals surface area contributed by atoms with E-state index < -0.39 is 0 Å². The summed E-state index contributed by atoms with van der Waals surface area (Å²) in [6.07, 6.45) is 8.05. The Morgan fingerprint density at radius 3 is 2.94 bits per heavy atom. The number of anilines is 2. The molecule has 1 saturated heterocycles. The summed E-state index contributed by atoms with van der Waals surface area (Å²) in [7, 11) is 0. The normalized spacial score (nSPS) is 28.2. The first kappa shape index (κ1) is 11.1. The van der Waals surface area contributed by atoms with Crippen LogP contribution in [0, 0.1) is 5.92 Å². The fourth-order valence-corrected chi connectivity index (χ4v) is 3.39. The van der Waals surface area contributed by atoms with Crippen molar-refractivity contribution in [1.82, 2.24) is 9.97 Å². The van der Waals surface area contributed by atoms with Crippen LogP contribution in [0.25, 0.3) is 0 Å². The van der Waals surface area contributed by atoms with Crippen LogP contribution in [0.5, 0.6) is 0 Å².